The summed E-state index contributed by atoms with van der Waals surface area (Å²) in [6.45, 7) is 6.51. The molecule has 0 saturated carbocycles. The Balaban J connectivity index is 2.16. The van der Waals surface area contributed by atoms with E-state index in [2.05, 4.69) is 15.6 Å². The van der Waals surface area contributed by atoms with Crippen molar-refractivity contribution < 1.29 is 9.59 Å². The Kier molecular flexibility index (Phi) is 5.46. The zero-order chi connectivity index (χ0) is 16.8. The van der Waals surface area contributed by atoms with Gasteiger partial charge in [-0.05, 0) is 49.6 Å². The van der Waals surface area contributed by atoms with Gasteiger partial charge in [0.2, 0.25) is 0 Å². The number of rotatable bonds is 5. The third-order valence-corrected chi connectivity index (χ3v) is 3.64. The Labute approximate surface area is 136 Å². The van der Waals surface area contributed by atoms with Gasteiger partial charge in [-0.3, -0.25) is 14.6 Å². The van der Waals surface area contributed by atoms with E-state index in [4.69, 9.17) is 0 Å². The largest absolute Gasteiger partial charge is 0.351 e. The number of aryl methyl sites for hydroxylation is 1. The molecule has 0 spiro atoms. The molecule has 2 aromatic rings. The summed E-state index contributed by atoms with van der Waals surface area (Å²) in [6.07, 6.45) is 2.32. The van der Waals surface area contributed by atoms with Crippen LogP contribution in [0.5, 0.6) is 0 Å². The van der Waals surface area contributed by atoms with Crippen LogP contribution in [0.1, 0.15) is 45.3 Å². The highest BCUT2D eigenvalue weighted by Gasteiger charge is 2.12. The summed E-state index contributed by atoms with van der Waals surface area (Å²) < 4.78 is 0. The molecule has 0 bridgehead atoms. The Morgan fingerprint density at radius 2 is 1.91 bits per heavy atom. The molecule has 1 aromatic heterocycles. The lowest BCUT2D eigenvalue weighted by Gasteiger charge is -2.11. The number of pyridine rings is 1. The fourth-order valence-electron chi connectivity index (χ4n) is 2.11. The van der Waals surface area contributed by atoms with E-state index in [-0.39, 0.29) is 17.5 Å². The Morgan fingerprint density at radius 3 is 2.65 bits per heavy atom. The number of aromatic nitrogens is 1. The highest BCUT2D eigenvalue weighted by atomic mass is 16.2. The number of hydrogen-bond donors (Lipinski definition) is 2. The molecule has 2 rings (SSSR count). The molecule has 0 unspecified atom stereocenters. The second kappa shape index (κ2) is 7.54. The maximum absolute atomic E-state index is 12.4. The minimum Gasteiger partial charge on any atom is -0.351 e. The lowest BCUT2D eigenvalue weighted by molar-refractivity contribution is 0.0948. The van der Waals surface area contributed by atoms with Gasteiger partial charge >= 0.3 is 0 Å². The molecule has 1 aromatic carbocycles. The van der Waals surface area contributed by atoms with Crippen LogP contribution in [0, 0.1) is 13.8 Å². The molecule has 120 valence electrons. The zero-order valence-electron chi connectivity index (χ0n) is 13.6. The van der Waals surface area contributed by atoms with Crippen LogP contribution < -0.4 is 10.6 Å². The standard InChI is InChI=1S/C18H21N3O2/c1-4-9-20-18(23)16-11-14(8-10-19-16)17(22)21-15-7-5-6-12(2)13(15)3/h5-8,10-11H,4,9H2,1-3H3,(H,20,23)(H,21,22). The first-order valence-electron chi connectivity index (χ1n) is 7.64. The fraction of sp³-hybridized carbons (Fsp3) is 0.278. The SMILES string of the molecule is CCCNC(=O)c1cc(C(=O)Nc2cccc(C)c2C)ccn1. The molecule has 0 aliphatic carbocycles. The van der Waals surface area contributed by atoms with Crippen LogP contribution in [0.25, 0.3) is 0 Å². The minimum absolute atomic E-state index is 0.243. The van der Waals surface area contributed by atoms with Gasteiger partial charge in [0.15, 0.2) is 0 Å². The Bertz CT molecular complexity index is 726. The van der Waals surface area contributed by atoms with E-state index in [0.29, 0.717) is 12.1 Å². The maximum Gasteiger partial charge on any atom is 0.269 e. The summed E-state index contributed by atoms with van der Waals surface area (Å²) in [5, 5.41) is 5.63. The van der Waals surface area contributed by atoms with Crippen LogP contribution in [-0.4, -0.2) is 23.3 Å². The van der Waals surface area contributed by atoms with Crippen molar-refractivity contribution in [2.24, 2.45) is 0 Å². The summed E-state index contributed by atoms with van der Waals surface area (Å²) in [6, 6.07) is 8.85. The van der Waals surface area contributed by atoms with Gasteiger partial charge in [-0.15, -0.1) is 0 Å². The molecule has 0 aliphatic heterocycles. The topological polar surface area (TPSA) is 71.1 Å². The van der Waals surface area contributed by atoms with Crippen LogP contribution in [0.2, 0.25) is 0 Å². The molecule has 0 fully saturated rings. The van der Waals surface area contributed by atoms with Gasteiger partial charge in [0.25, 0.3) is 11.8 Å². The minimum atomic E-state index is -0.270. The Hall–Kier alpha value is -2.69. The molecule has 2 amide bonds. The average molecular weight is 311 g/mol. The van der Waals surface area contributed by atoms with Gasteiger partial charge in [-0.2, -0.15) is 0 Å². The van der Waals surface area contributed by atoms with Crippen molar-refractivity contribution in [2.75, 3.05) is 11.9 Å². The lowest BCUT2D eigenvalue weighted by atomic mass is 10.1. The van der Waals surface area contributed by atoms with Crippen LogP contribution >= 0.6 is 0 Å². The van der Waals surface area contributed by atoms with Gasteiger partial charge in [0, 0.05) is 24.0 Å². The summed E-state index contributed by atoms with van der Waals surface area (Å²) >= 11 is 0. The van der Waals surface area contributed by atoms with Crippen LogP contribution in [0.15, 0.2) is 36.5 Å². The summed E-state index contributed by atoms with van der Waals surface area (Å²) in [4.78, 5) is 28.3. The summed E-state index contributed by atoms with van der Waals surface area (Å²) in [5.41, 5.74) is 3.55. The third kappa shape index (κ3) is 4.16. The number of nitrogens with zero attached hydrogens (tertiary/aromatic N) is 1. The molecule has 1 heterocycles. The van der Waals surface area contributed by atoms with E-state index < -0.39 is 0 Å². The van der Waals surface area contributed by atoms with Gasteiger partial charge < -0.3 is 10.6 Å². The second-order valence-electron chi connectivity index (χ2n) is 5.39. The number of amides is 2. The smallest absolute Gasteiger partial charge is 0.269 e. The molecule has 0 aliphatic rings. The third-order valence-electron chi connectivity index (χ3n) is 3.64. The zero-order valence-corrected chi connectivity index (χ0v) is 13.6. The summed E-state index contributed by atoms with van der Waals surface area (Å²) in [5.74, 6) is -0.529. The predicted molar refractivity (Wildman–Crippen MR) is 90.7 cm³/mol. The van der Waals surface area contributed by atoms with Crippen molar-refractivity contribution in [3.63, 3.8) is 0 Å². The summed E-state index contributed by atoms with van der Waals surface area (Å²) in [7, 11) is 0. The van der Waals surface area contributed by atoms with E-state index in [0.717, 1.165) is 23.2 Å². The van der Waals surface area contributed by atoms with Crippen LogP contribution in [0.3, 0.4) is 0 Å². The molecule has 5 heteroatoms. The highest BCUT2D eigenvalue weighted by Crippen LogP contribution is 2.18. The average Bonchev–Trinajstić information content (AvgIpc) is 2.57. The van der Waals surface area contributed by atoms with Gasteiger partial charge in [0.1, 0.15) is 5.69 Å². The van der Waals surface area contributed by atoms with Gasteiger partial charge in [-0.1, -0.05) is 19.1 Å². The molecule has 0 saturated heterocycles. The molecule has 0 atom stereocenters. The van der Waals surface area contributed by atoms with Crippen molar-refractivity contribution in [2.45, 2.75) is 27.2 Å². The monoisotopic (exact) mass is 311 g/mol. The first kappa shape index (κ1) is 16.7. The van der Waals surface area contributed by atoms with Crippen molar-refractivity contribution in [3.05, 3.63) is 58.9 Å². The van der Waals surface area contributed by atoms with E-state index in [1.807, 2.05) is 39.0 Å². The van der Waals surface area contributed by atoms with Gasteiger partial charge in [-0.25, -0.2) is 0 Å². The van der Waals surface area contributed by atoms with Crippen LogP contribution in [-0.2, 0) is 0 Å². The number of hydrogen-bond acceptors (Lipinski definition) is 3. The number of carbonyl (C=O) groups is 2. The number of nitrogens with one attached hydrogen (secondary N) is 2. The molecular weight excluding hydrogens is 290 g/mol. The normalized spacial score (nSPS) is 10.2. The van der Waals surface area contributed by atoms with E-state index >= 15 is 0 Å². The lowest BCUT2D eigenvalue weighted by Crippen LogP contribution is -2.25. The number of carbonyl (C=O) groups excluding carboxylic acids is 2. The Morgan fingerprint density at radius 1 is 1.13 bits per heavy atom. The first-order chi connectivity index (χ1) is 11.0. The maximum atomic E-state index is 12.4. The fourth-order valence-corrected chi connectivity index (χ4v) is 2.11. The second-order valence-corrected chi connectivity index (χ2v) is 5.39. The van der Waals surface area contributed by atoms with Crippen molar-refractivity contribution in [1.29, 1.82) is 0 Å². The number of anilines is 1. The van der Waals surface area contributed by atoms with E-state index in [1.54, 1.807) is 6.07 Å². The van der Waals surface area contributed by atoms with E-state index in [9.17, 15) is 9.59 Å². The van der Waals surface area contributed by atoms with Crippen LogP contribution in [0.4, 0.5) is 5.69 Å². The highest BCUT2D eigenvalue weighted by molar-refractivity contribution is 6.06. The van der Waals surface area contributed by atoms with Crippen molar-refractivity contribution >= 4 is 17.5 Å². The molecular formula is C18H21N3O2. The first-order valence-corrected chi connectivity index (χ1v) is 7.64. The van der Waals surface area contributed by atoms with Gasteiger partial charge in [0.05, 0.1) is 0 Å². The predicted octanol–water partition coefficient (Wildman–Crippen LogP) is 3.09. The molecule has 5 nitrogen and oxygen atoms in total. The molecule has 0 radical (unpaired) electrons. The molecule has 2 N–H and O–H groups in total. The number of benzene rings is 1. The van der Waals surface area contributed by atoms with Crippen molar-refractivity contribution in [1.82, 2.24) is 10.3 Å². The quantitative estimate of drug-likeness (QED) is 0.891. The van der Waals surface area contributed by atoms with Crippen molar-refractivity contribution in [3.8, 4) is 0 Å². The van der Waals surface area contributed by atoms with E-state index in [1.165, 1.54) is 12.3 Å². The molecule has 23 heavy (non-hydrogen) atoms.